The van der Waals surface area contributed by atoms with Crippen molar-refractivity contribution in [2.24, 2.45) is 0 Å². The fourth-order valence-corrected chi connectivity index (χ4v) is 4.38. The van der Waals surface area contributed by atoms with Crippen LogP contribution >= 0.6 is 0 Å². The number of benzene rings is 1. The molecule has 0 aliphatic carbocycles. The predicted molar refractivity (Wildman–Crippen MR) is 115 cm³/mol. The largest absolute Gasteiger partial charge is 0.373 e. The van der Waals surface area contributed by atoms with Gasteiger partial charge < -0.3 is 15.1 Å². The Hall–Kier alpha value is -2.96. The Morgan fingerprint density at radius 2 is 1.87 bits per heavy atom. The molecule has 2 amide bonds. The summed E-state index contributed by atoms with van der Waals surface area (Å²) < 4.78 is 0. The van der Waals surface area contributed by atoms with Crippen molar-refractivity contribution in [2.75, 3.05) is 32.0 Å². The van der Waals surface area contributed by atoms with E-state index >= 15 is 0 Å². The minimum atomic E-state index is 0.0763. The quantitative estimate of drug-likeness (QED) is 0.825. The lowest BCUT2D eigenvalue weighted by Gasteiger charge is -2.30. The van der Waals surface area contributed by atoms with Crippen LogP contribution in [0.3, 0.4) is 0 Å². The molecule has 1 aromatic carbocycles. The number of anilines is 1. The zero-order valence-electron chi connectivity index (χ0n) is 17.7. The van der Waals surface area contributed by atoms with Gasteiger partial charge in [0.25, 0.3) is 0 Å². The van der Waals surface area contributed by atoms with Crippen LogP contribution in [-0.2, 0) is 16.1 Å². The zero-order chi connectivity index (χ0) is 21.1. The fraction of sp³-hybridized carbons (Fsp3) is 0.478. The molecule has 1 unspecified atom stereocenters. The summed E-state index contributed by atoms with van der Waals surface area (Å²) >= 11 is 0. The van der Waals surface area contributed by atoms with Crippen LogP contribution < -0.4 is 5.32 Å². The van der Waals surface area contributed by atoms with E-state index < -0.39 is 0 Å². The summed E-state index contributed by atoms with van der Waals surface area (Å²) in [6.45, 7) is 4.42. The molecule has 1 atom stereocenters. The Balaban J connectivity index is 1.49. The molecule has 30 heavy (non-hydrogen) atoms. The van der Waals surface area contributed by atoms with E-state index in [1.807, 2.05) is 41.1 Å². The molecule has 4 rings (SSSR count). The number of likely N-dealkylation sites (tertiary alicyclic amines) is 2. The topological polar surface area (TPSA) is 78.4 Å². The molecule has 0 bridgehead atoms. The monoisotopic (exact) mass is 407 g/mol. The molecule has 1 N–H and O–H groups in total. The minimum absolute atomic E-state index is 0.0763. The first-order valence-corrected chi connectivity index (χ1v) is 10.7. The normalized spacial score (nSPS) is 19.9. The Bertz CT molecular complexity index is 909. The van der Waals surface area contributed by atoms with Crippen molar-refractivity contribution < 1.29 is 9.59 Å². The van der Waals surface area contributed by atoms with E-state index in [2.05, 4.69) is 17.4 Å². The molecule has 0 saturated carbocycles. The van der Waals surface area contributed by atoms with E-state index in [9.17, 15) is 9.59 Å². The summed E-state index contributed by atoms with van der Waals surface area (Å²) in [6, 6.07) is 12.1. The first kappa shape index (κ1) is 20.3. The first-order chi connectivity index (χ1) is 14.5. The van der Waals surface area contributed by atoms with E-state index in [1.54, 1.807) is 6.92 Å². The SMILES string of the molecule is CNc1cc(C2CC(=O)N(Cc3ccccc3)C2)nc(C2CCN(C(C)=O)CC2)n1. The number of amides is 2. The second-order valence-electron chi connectivity index (χ2n) is 8.23. The van der Waals surface area contributed by atoms with Gasteiger partial charge in [0.15, 0.2) is 0 Å². The molecule has 7 heteroatoms. The molecule has 0 spiro atoms. The highest BCUT2D eigenvalue weighted by molar-refractivity contribution is 5.79. The molecular weight excluding hydrogens is 378 g/mol. The molecule has 7 nitrogen and oxygen atoms in total. The number of carbonyl (C=O) groups excluding carboxylic acids is 2. The Kier molecular flexibility index (Phi) is 5.97. The van der Waals surface area contributed by atoms with Gasteiger partial charge in [0.05, 0.1) is 5.69 Å². The number of hydrogen-bond donors (Lipinski definition) is 1. The molecule has 2 aliphatic rings. The number of aromatic nitrogens is 2. The maximum Gasteiger partial charge on any atom is 0.223 e. The highest BCUT2D eigenvalue weighted by atomic mass is 16.2. The molecule has 3 heterocycles. The fourth-order valence-electron chi connectivity index (χ4n) is 4.38. The highest BCUT2D eigenvalue weighted by Crippen LogP contribution is 2.32. The number of nitrogens with one attached hydrogen (secondary N) is 1. The average Bonchev–Trinajstić information content (AvgIpc) is 3.14. The lowest BCUT2D eigenvalue weighted by molar-refractivity contribution is -0.130. The number of rotatable bonds is 5. The van der Waals surface area contributed by atoms with Gasteiger partial charge in [-0.05, 0) is 18.4 Å². The smallest absolute Gasteiger partial charge is 0.223 e. The van der Waals surface area contributed by atoms with Gasteiger partial charge in [-0.15, -0.1) is 0 Å². The van der Waals surface area contributed by atoms with Gasteiger partial charge in [0.1, 0.15) is 11.6 Å². The summed E-state index contributed by atoms with van der Waals surface area (Å²) in [7, 11) is 1.86. The summed E-state index contributed by atoms with van der Waals surface area (Å²) in [5, 5.41) is 3.15. The molecule has 2 saturated heterocycles. The predicted octanol–water partition coefficient (Wildman–Crippen LogP) is 2.76. The molecule has 2 aromatic rings. The lowest BCUT2D eigenvalue weighted by Crippen LogP contribution is -2.36. The van der Waals surface area contributed by atoms with Crippen LogP contribution in [0.5, 0.6) is 0 Å². The van der Waals surface area contributed by atoms with Crippen LogP contribution in [0.2, 0.25) is 0 Å². The second kappa shape index (κ2) is 8.81. The number of hydrogen-bond acceptors (Lipinski definition) is 5. The van der Waals surface area contributed by atoms with Crippen molar-refractivity contribution in [2.45, 2.75) is 44.6 Å². The third-order valence-electron chi connectivity index (χ3n) is 6.17. The standard InChI is InChI=1S/C23H29N5O2/c1-16(29)27-10-8-18(9-11-27)23-25-20(13-21(24-2)26-23)19-12-22(30)28(15-19)14-17-6-4-3-5-7-17/h3-7,13,18-19H,8-12,14-15H2,1-2H3,(H,24,25,26). The third-order valence-corrected chi connectivity index (χ3v) is 6.17. The Morgan fingerprint density at radius 1 is 1.13 bits per heavy atom. The van der Waals surface area contributed by atoms with Crippen LogP contribution in [0.25, 0.3) is 0 Å². The first-order valence-electron chi connectivity index (χ1n) is 10.7. The molecular formula is C23H29N5O2. The summed E-state index contributed by atoms with van der Waals surface area (Å²) in [4.78, 5) is 37.6. The van der Waals surface area contributed by atoms with Crippen molar-refractivity contribution in [1.29, 1.82) is 0 Å². The van der Waals surface area contributed by atoms with E-state index in [1.165, 1.54) is 0 Å². The Morgan fingerprint density at radius 3 is 2.53 bits per heavy atom. The number of piperidine rings is 1. The van der Waals surface area contributed by atoms with Crippen molar-refractivity contribution >= 4 is 17.6 Å². The third kappa shape index (κ3) is 4.45. The van der Waals surface area contributed by atoms with Gasteiger partial charge >= 0.3 is 0 Å². The molecule has 1 aromatic heterocycles. The van der Waals surface area contributed by atoms with Crippen molar-refractivity contribution in [3.05, 3.63) is 53.5 Å². The van der Waals surface area contributed by atoms with Crippen molar-refractivity contribution in [3.63, 3.8) is 0 Å². The average molecular weight is 408 g/mol. The van der Waals surface area contributed by atoms with Gasteiger partial charge in [-0.25, -0.2) is 9.97 Å². The highest BCUT2D eigenvalue weighted by Gasteiger charge is 2.33. The summed E-state index contributed by atoms with van der Waals surface area (Å²) in [5.41, 5.74) is 2.07. The van der Waals surface area contributed by atoms with Crippen molar-refractivity contribution in [1.82, 2.24) is 19.8 Å². The molecule has 158 valence electrons. The van der Waals surface area contributed by atoms with Gasteiger partial charge in [-0.3, -0.25) is 9.59 Å². The van der Waals surface area contributed by atoms with Crippen LogP contribution in [0.4, 0.5) is 5.82 Å². The van der Waals surface area contributed by atoms with Crippen LogP contribution in [0.1, 0.15) is 55.1 Å². The number of carbonyl (C=O) groups is 2. The second-order valence-corrected chi connectivity index (χ2v) is 8.23. The lowest BCUT2D eigenvalue weighted by atomic mass is 9.95. The minimum Gasteiger partial charge on any atom is -0.373 e. The maximum absolute atomic E-state index is 12.6. The zero-order valence-corrected chi connectivity index (χ0v) is 17.7. The van der Waals surface area contributed by atoms with E-state index in [0.29, 0.717) is 19.5 Å². The summed E-state index contributed by atoms with van der Waals surface area (Å²) in [5.74, 6) is 2.23. The Labute approximate surface area is 177 Å². The van der Waals surface area contributed by atoms with Crippen LogP contribution in [0, 0.1) is 0 Å². The van der Waals surface area contributed by atoms with Gasteiger partial charge in [0, 0.05) is 64.5 Å². The van der Waals surface area contributed by atoms with E-state index in [-0.39, 0.29) is 23.7 Å². The van der Waals surface area contributed by atoms with Crippen LogP contribution in [-0.4, -0.2) is 58.3 Å². The van der Waals surface area contributed by atoms with Gasteiger partial charge in [-0.2, -0.15) is 0 Å². The summed E-state index contributed by atoms with van der Waals surface area (Å²) in [6.07, 6.45) is 2.22. The van der Waals surface area contributed by atoms with Gasteiger partial charge in [0.2, 0.25) is 11.8 Å². The number of nitrogens with zero attached hydrogens (tertiary/aromatic N) is 4. The molecule has 0 radical (unpaired) electrons. The van der Waals surface area contributed by atoms with Gasteiger partial charge in [-0.1, -0.05) is 30.3 Å². The van der Waals surface area contributed by atoms with Crippen LogP contribution in [0.15, 0.2) is 36.4 Å². The van der Waals surface area contributed by atoms with E-state index in [4.69, 9.17) is 9.97 Å². The van der Waals surface area contributed by atoms with E-state index in [0.717, 1.165) is 48.8 Å². The molecule has 2 fully saturated rings. The van der Waals surface area contributed by atoms with Crippen molar-refractivity contribution in [3.8, 4) is 0 Å². The maximum atomic E-state index is 12.6. The molecule has 2 aliphatic heterocycles.